The van der Waals surface area contributed by atoms with Gasteiger partial charge in [-0.05, 0) is 30.5 Å². The number of rotatable bonds is 5. The van der Waals surface area contributed by atoms with Gasteiger partial charge < -0.3 is 10.6 Å². The van der Waals surface area contributed by atoms with Gasteiger partial charge in [0.25, 0.3) is 0 Å². The molecule has 1 aliphatic rings. The van der Waals surface area contributed by atoms with Crippen LogP contribution in [0.15, 0.2) is 48.7 Å². The van der Waals surface area contributed by atoms with E-state index in [1.54, 1.807) is 0 Å². The van der Waals surface area contributed by atoms with Gasteiger partial charge in [0.05, 0.1) is 17.6 Å². The fraction of sp³-hybridized carbons (Fsp3) is 0.312. The van der Waals surface area contributed by atoms with Crippen LogP contribution in [-0.2, 0) is 13.1 Å². The molecule has 3 rings (SSSR count). The van der Waals surface area contributed by atoms with Gasteiger partial charge in [0.15, 0.2) is 0 Å². The van der Waals surface area contributed by atoms with Crippen molar-refractivity contribution in [2.75, 3.05) is 4.90 Å². The molecule has 1 aliphatic carbocycles. The van der Waals surface area contributed by atoms with E-state index in [1.165, 1.54) is 24.1 Å². The quantitative estimate of drug-likeness (QED) is 0.891. The maximum Gasteiger partial charge on any atom is 0.0558 e. The molecule has 0 unspecified atom stereocenters. The maximum atomic E-state index is 5.60. The Kier molecular flexibility index (Phi) is 3.47. The number of hydrogen-bond donors (Lipinski definition) is 1. The predicted molar refractivity (Wildman–Crippen MR) is 77.8 cm³/mol. The Morgan fingerprint density at radius 1 is 1.11 bits per heavy atom. The first-order valence-electron chi connectivity index (χ1n) is 6.82. The van der Waals surface area contributed by atoms with Crippen LogP contribution in [0.2, 0.25) is 0 Å². The van der Waals surface area contributed by atoms with Crippen molar-refractivity contribution in [3.63, 3.8) is 0 Å². The molecule has 0 amide bonds. The van der Waals surface area contributed by atoms with Crippen molar-refractivity contribution in [3.8, 4) is 0 Å². The van der Waals surface area contributed by atoms with E-state index >= 15 is 0 Å². The Hall–Kier alpha value is -1.87. The van der Waals surface area contributed by atoms with E-state index in [1.807, 2.05) is 12.3 Å². The smallest absolute Gasteiger partial charge is 0.0558 e. The summed E-state index contributed by atoms with van der Waals surface area (Å²) in [6.45, 7) is 1.46. The normalized spacial score (nSPS) is 14.4. The average Bonchev–Trinajstić information content (AvgIpc) is 3.31. The number of aromatic nitrogens is 1. The second-order valence-corrected chi connectivity index (χ2v) is 5.06. The van der Waals surface area contributed by atoms with Crippen molar-refractivity contribution in [3.05, 3.63) is 59.9 Å². The third-order valence-corrected chi connectivity index (χ3v) is 3.53. The van der Waals surface area contributed by atoms with Gasteiger partial charge >= 0.3 is 0 Å². The van der Waals surface area contributed by atoms with E-state index in [0.717, 1.165) is 12.2 Å². The second-order valence-electron chi connectivity index (χ2n) is 5.06. The summed E-state index contributed by atoms with van der Waals surface area (Å²) in [4.78, 5) is 6.85. The van der Waals surface area contributed by atoms with Crippen molar-refractivity contribution in [1.29, 1.82) is 0 Å². The summed E-state index contributed by atoms with van der Waals surface area (Å²) in [7, 11) is 0. The number of nitrogens with zero attached hydrogens (tertiary/aromatic N) is 2. The molecule has 1 fully saturated rings. The largest absolute Gasteiger partial charge is 0.363 e. The zero-order valence-corrected chi connectivity index (χ0v) is 11.0. The number of nitrogens with two attached hydrogens (primary N) is 1. The van der Waals surface area contributed by atoms with Crippen LogP contribution < -0.4 is 10.6 Å². The van der Waals surface area contributed by atoms with Gasteiger partial charge in [0.1, 0.15) is 0 Å². The lowest BCUT2D eigenvalue weighted by Crippen LogP contribution is -2.25. The summed E-state index contributed by atoms with van der Waals surface area (Å²) >= 11 is 0. The maximum absolute atomic E-state index is 5.60. The van der Waals surface area contributed by atoms with Gasteiger partial charge in [-0.15, -0.1) is 0 Å². The lowest BCUT2D eigenvalue weighted by atomic mass is 10.2. The first-order chi connectivity index (χ1) is 9.36. The van der Waals surface area contributed by atoms with Gasteiger partial charge in [0.2, 0.25) is 0 Å². The van der Waals surface area contributed by atoms with Crippen molar-refractivity contribution in [2.24, 2.45) is 5.73 Å². The molecular weight excluding hydrogens is 234 g/mol. The van der Waals surface area contributed by atoms with E-state index in [9.17, 15) is 0 Å². The highest BCUT2D eigenvalue weighted by atomic mass is 15.2. The van der Waals surface area contributed by atoms with Crippen LogP contribution in [0.5, 0.6) is 0 Å². The minimum Gasteiger partial charge on any atom is -0.363 e. The number of anilines is 1. The lowest BCUT2D eigenvalue weighted by Gasteiger charge is -2.24. The Labute approximate surface area is 114 Å². The predicted octanol–water partition coefficient (Wildman–Crippen LogP) is 2.71. The summed E-state index contributed by atoms with van der Waals surface area (Å²) in [5, 5.41) is 0. The molecule has 0 atom stereocenters. The second kappa shape index (κ2) is 5.41. The van der Waals surface area contributed by atoms with Crippen LogP contribution in [-0.4, -0.2) is 11.0 Å². The van der Waals surface area contributed by atoms with Gasteiger partial charge in [-0.1, -0.05) is 30.3 Å². The summed E-state index contributed by atoms with van der Waals surface area (Å²) < 4.78 is 0. The molecule has 3 nitrogen and oxygen atoms in total. The SMILES string of the molecule is NCc1ccc(N(Cc2ccccc2)C2CC2)cn1. The van der Waals surface area contributed by atoms with Crippen LogP contribution in [0.25, 0.3) is 0 Å². The molecule has 19 heavy (non-hydrogen) atoms. The fourth-order valence-corrected chi connectivity index (χ4v) is 2.30. The van der Waals surface area contributed by atoms with Crippen LogP contribution in [0.4, 0.5) is 5.69 Å². The molecule has 1 saturated carbocycles. The molecule has 1 aromatic heterocycles. The standard InChI is InChI=1S/C16H19N3/c17-10-14-6-7-16(11-18-14)19(15-8-9-15)12-13-4-2-1-3-5-13/h1-7,11,15H,8-10,12,17H2. The van der Waals surface area contributed by atoms with Gasteiger partial charge in [-0.25, -0.2) is 0 Å². The van der Waals surface area contributed by atoms with E-state index in [2.05, 4.69) is 46.3 Å². The lowest BCUT2D eigenvalue weighted by molar-refractivity contribution is 0.790. The van der Waals surface area contributed by atoms with Gasteiger partial charge in [0, 0.05) is 19.1 Å². The zero-order chi connectivity index (χ0) is 13.1. The summed E-state index contributed by atoms with van der Waals surface area (Å²) in [5.41, 5.74) is 9.08. The fourth-order valence-electron chi connectivity index (χ4n) is 2.30. The highest BCUT2D eigenvalue weighted by Crippen LogP contribution is 2.32. The molecule has 0 radical (unpaired) electrons. The zero-order valence-electron chi connectivity index (χ0n) is 11.0. The summed E-state index contributed by atoms with van der Waals surface area (Å²) in [6, 6.07) is 15.4. The molecule has 98 valence electrons. The summed E-state index contributed by atoms with van der Waals surface area (Å²) in [5.74, 6) is 0. The third kappa shape index (κ3) is 2.93. The Balaban J connectivity index is 1.80. The van der Waals surface area contributed by atoms with Crippen molar-refractivity contribution in [2.45, 2.75) is 32.0 Å². The van der Waals surface area contributed by atoms with Gasteiger partial charge in [-0.2, -0.15) is 0 Å². The molecule has 2 aromatic rings. The number of benzene rings is 1. The molecule has 2 N–H and O–H groups in total. The first-order valence-corrected chi connectivity index (χ1v) is 6.82. The number of hydrogen-bond acceptors (Lipinski definition) is 3. The summed E-state index contributed by atoms with van der Waals surface area (Å²) in [6.07, 6.45) is 4.51. The average molecular weight is 253 g/mol. The van der Waals surface area contributed by atoms with E-state index in [4.69, 9.17) is 5.73 Å². The first kappa shape index (κ1) is 12.2. The molecular formula is C16H19N3. The van der Waals surface area contributed by atoms with Crippen LogP contribution >= 0.6 is 0 Å². The molecule has 3 heteroatoms. The topological polar surface area (TPSA) is 42.1 Å². The van der Waals surface area contributed by atoms with E-state index in [0.29, 0.717) is 12.6 Å². The van der Waals surface area contributed by atoms with E-state index in [-0.39, 0.29) is 0 Å². The van der Waals surface area contributed by atoms with Crippen LogP contribution in [0.1, 0.15) is 24.1 Å². The monoisotopic (exact) mass is 253 g/mol. The highest BCUT2D eigenvalue weighted by Gasteiger charge is 2.29. The minimum atomic E-state index is 0.502. The van der Waals surface area contributed by atoms with Crippen LogP contribution in [0.3, 0.4) is 0 Å². The molecule has 0 aliphatic heterocycles. The highest BCUT2D eigenvalue weighted by molar-refractivity contribution is 5.47. The Bertz CT molecular complexity index is 517. The Morgan fingerprint density at radius 2 is 1.89 bits per heavy atom. The Morgan fingerprint density at radius 3 is 2.47 bits per heavy atom. The van der Waals surface area contributed by atoms with Gasteiger partial charge in [-0.3, -0.25) is 4.98 Å². The number of pyridine rings is 1. The third-order valence-electron chi connectivity index (χ3n) is 3.53. The molecule has 1 aromatic carbocycles. The molecule has 0 bridgehead atoms. The minimum absolute atomic E-state index is 0.502. The molecule has 1 heterocycles. The van der Waals surface area contributed by atoms with Crippen molar-refractivity contribution in [1.82, 2.24) is 4.98 Å². The van der Waals surface area contributed by atoms with Crippen molar-refractivity contribution >= 4 is 5.69 Å². The van der Waals surface area contributed by atoms with Crippen molar-refractivity contribution < 1.29 is 0 Å². The molecule has 0 saturated heterocycles. The molecule has 0 spiro atoms. The van der Waals surface area contributed by atoms with E-state index < -0.39 is 0 Å². The van der Waals surface area contributed by atoms with Crippen LogP contribution in [0, 0.1) is 0 Å².